The molecule has 1 aliphatic rings. The standard InChI is InChI=1S/C10H16O5/c1-5-6(11)7-8(9(12)13-4)15-10(2,3)14-7/h7-8H,5H2,1-4H3/t7-,8+/m0/s1. The van der Waals surface area contributed by atoms with E-state index in [-0.39, 0.29) is 5.78 Å². The third-order valence-corrected chi connectivity index (χ3v) is 2.20. The summed E-state index contributed by atoms with van der Waals surface area (Å²) in [5.41, 5.74) is 0. The third-order valence-electron chi connectivity index (χ3n) is 2.20. The lowest BCUT2D eigenvalue weighted by atomic mass is 10.1. The van der Waals surface area contributed by atoms with Gasteiger partial charge in [-0.1, -0.05) is 6.92 Å². The van der Waals surface area contributed by atoms with Crippen molar-refractivity contribution < 1.29 is 23.8 Å². The molecular formula is C10H16O5. The van der Waals surface area contributed by atoms with Crippen LogP contribution < -0.4 is 0 Å². The van der Waals surface area contributed by atoms with Gasteiger partial charge in [0.15, 0.2) is 23.8 Å². The molecule has 1 heterocycles. The van der Waals surface area contributed by atoms with Crippen molar-refractivity contribution in [3.05, 3.63) is 0 Å². The van der Waals surface area contributed by atoms with Gasteiger partial charge < -0.3 is 14.2 Å². The molecule has 0 radical (unpaired) electrons. The summed E-state index contributed by atoms with van der Waals surface area (Å²) in [5.74, 6) is -1.66. The molecule has 0 aromatic rings. The van der Waals surface area contributed by atoms with Gasteiger partial charge in [-0.3, -0.25) is 4.79 Å². The highest BCUT2D eigenvalue weighted by Gasteiger charge is 2.48. The molecule has 0 aliphatic carbocycles. The van der Waals surface area contributed by atoms with Gasteiger partial charge in [0.1, 0.15) is 0 Å². The van der Waals surface area contributed by atoms with Gasteiger partial charge >= 0.3 is 5.97 Å². The van der Waals surface area contributed by atoms with Crippen LogP contribution in [0.25, 0.3) is 0 Å². The average Bonchev–Trinajstić information content (AvgIpc) is 2.52. The molecule has 1 fully saturated rings. The van der Waals surface area contributed by atoms with Crippen molar-refractivity contribution in [3.8, 4) is 0 Å². The Morgan fingerprint density at radius 1 is 1.27 bits per heavy atom. The zero-order valence-corrected chi connectivity index (χ0v) is 9.40. The van der Waals surface area contributed by atoms with Crippen molar-refractivity contribution in [1.82, 2.24) is 0 Å². The Hall–Kier alpha value is -0.940. The summed E-state index contributed by atoms with van der Waals surface area (Å²) in [5, 5.41) is 0. The monoisotopic (exact) mass is 216 g/mol. The second-order valence-corrected chi connectivity index (χ2v) is 3.82. The number of carbonyl (C=O) groups is 2. The van der Waals surface area contributed by atoms with Crippen LogP contribution in [-0.2, 0) is 23.8 Å². The number of esters is 1. The van der Waals surface area contributed by atoms with Crippen LogP contribution in [0, 0.1) is 0 Å². The van der Waals surface area contributed by atoms with Crippen LogP contribution in [0.3, 0.4) is 0 Å². The first-order valence-electron chi connectivity index (χ1n) is 4.87. The zero-order valence-electron chi connectivity index (χ0n) is 9.40. The molecule has 0 amide bonds. The molecule has 1 saturated heterocycles. The molecule has 0 saturated carbocycles. The maximum absolute atomic E-state index is 11.5. The summed E-state index contributed by atoms with van der Waals surface area (Å²) >= 11 is 0. The molecule has 0 aromatic heterocycles. The molecule has 0 bridgehead atoms. The molecule has 1 rings (SSSR count). The molecule has 15 heavy (non-hydrogen) atoms. The number of ether oxygens (including phenoxy) is 3. The summed E-state index contributed by atoms with van der Waals surface area (Å²) < 4.78 is 15.2. The lowest BCUT2D eigenvalue weighted by molar-refractivity contribution is -0.168. The fourth-order valence-corrected chi connectivity index (χ4v) is 1.49. The highest BCUT2D eigenvalue weighted by atomic mass is 16.8. The first kappa shape index (κ1) is 12.1. The fourth-order valence-electron chi connectivity index (χ4n) is 1.49. The van der Waals surface area contributed by atoms with Crippen LogP contribution in [-0.4, -0.2) is 36.9 Å². The minimum Gasteiger partial charge on any atom is -0.467 e. The van der Waals surface area contributed by atoms with Crippen LogP contribution in [0.2, 0.25) is 0 Å². The highest BCUT2D eigenvalue weighted by Crippen LogP contribution is 2.29. The minimum absolute atomic E-state index is 0.157. The summed E-state index contributed by atoms with van der Waals surface area (Å²) in [6.45, 7) is 5.03. The second kappa shape index (κ2) is 4.28. The van der Waals surface area contributed by atoms with Gasteiger partial charge in [0.05, 0.1) is 7.11 Å². The van der Waals surface area contributed by atoms with E-state index in [0.717, 1.165) is 0 Å². The van der Waals surface area contributed by atoms with E-state index in [0.29, 0.717) is 6.42 Å². The van der Waals surface area contributed by atoms with Crippen LogP contribution in [0.15, 0.2) is 0 Å². The molecule has 5 heteroatoms. The average molecular weight is 216 g/mol. The Labute approximate surface area is 88.7 Å². The summed E-state index contributed by atoms with van der Waals surface area (Å²) in [4.78, 5) is 22.9. The van der Waals surface area contributed by atoms with E-state index < -0.39 is 24.0 Å². The normalized spacial score (nSPS) is 28.8. The van der Waals surface area contributed by atoms with Crippen molar-refractivity contribution in [1.29, 1.82) is 0 Å². The van der Waals surface area contributed by atoms with Crippen LogP contribution >= 0.6 is 0 Å². The van der Waals surface area contributed by atoms with Crippen molar-refractivity contribution in [2.24, 2.45) is 0 Å². The first-order chi connectivity index (χ1) is 6.91. The minimum atomic E-state index is -0.947. The lowest BCUT2D eigenvalue weighted by Gasteiger charge is -2.15. The van der Waals surface area contributed by atoms with Gasteiger partial charge in [-0.15, -0.1) is 0 Å². The number of Topliss-reactive ketones (excluding diaryl/α,β-unsaturated/α-hetero) is 1. The van der Waals surface area contributed by atoms with E-state index in [1.54, 1.807) is 20.8 Å². The van der Waals surface area contributed by atoms with Gasteiger partial charge in [-0.05, 0) is 13.8 Å². The highest BCUT2D eigenvalue weighted by molar-refractivity contribution is 5.90. The predicted octanol–water partition coefficient (Wildman–Crippen LogP) is 0.659. The van der Waals surface area contributed by atoms with E-state index in [4.69, 9.17) is 9.47 Å². The van der Waals surface area contributed by atoms with Crippen molar-refractivity contribution >= 4 is 11.8 Å². The van der Waals surface area contributed by atoms with Gasteiger partial charge in [0, 0.05) is 6.42 Å². The molecule has 1 aliphatic heterocycles. The van der Waals surface area contributed by atoms with Gasteiger partial charge in [0.2, 0.25) is 0 Å². The Morgan fingerprint density at radius 3 is 2.27 bits per heavy atom. The van der Waals surface area contributed by atoms with Crippen molar-refractivity contribution in [2.75, 3.05) is 7.11 Å². The van der Waals surface area contributed by atoms with E-state index in [1.165, 1.54) is 7.11 Å². The predicted molar refractivity (Wildman–Crippen MR) is 51.1 cm³/mol. The summed E-state index contributed by atoms with van der Waals surface area (Å²) in [6.07, 6.45) is -1.49. The van der Waals surface area contributed by atoms with Crippen molar-refractivity contribution in [2.45, 2.75) is 45.2 Å². The number of hydrogen-bond acceptors (Lipinski definition) is 5. The largest absolute Gasteiger partial charge is 0.467 e. The number of hydrogen-bond donors (Lipinski definition) is 0. The van der Waals surface area contributed by atoms with Crippen LogP contribution in [0.4, 0.5) is 0 Å². The Balaban J connectivity index is 2.83. The van der Waals surface area contributed by atoms with Crippen LogP contribution in [0.1, 0.15) is 27.2 Å². The van der Waals surface area contributed by atoms with E-state index in [1.807, 2.05) is 0 Å². The van der Waals surface area contributed by atoms with Gasteiger partial charge in [0.25, 0.3) is 0 Å². The van der Waals surface area contributed by atoms with E-state index in [9.17, 15) is 9.59 Å². The van der Waals surface area contributed by atoms with Gasteiger partial charge in [-0.25, -0.2) is 4.79 Å². The maximum Gasteiger partial charge on any atom is 0.338 e. The van der Waals surface area contributed by atoms with E-state index in [2.05, 4.69) is 4.74 Å². The number of methoxy groups -OCH3 is 1. The zero-order chi connectivity index (χ0) is 11.6. The van der Waals surface area contributed by atoms with Gasteiger partial charge in [-0.2, -0.15) is 0 Å². The fraction of sp³-hybridized carbons (Fsp3) is 0.800. The number of ketones is 1. The SMILES string of the molecule is CCC(=O)[C@@H]1OC(C)(C)O[C@H]1C(=O)OC. The third kappa shape index (κ3) is 2.54. The quantitative estimate of drug-likeness (QED) is 0.648. The lowest BCUT2D eigenvalue weighted by Crippen LogP contribution is -2.37. The molecule has 5 nitrogen and oxygen atoms in total. The molecule has 0 N–H and O–H groups in total. The second-order valence-electron chi connectivity index (χ2n) is 3.82. The van der Waals surface area contributed by atoms with Crippen LogP contribution in [0.5, 0.6) is 0 Å². The Morgan fingerprint density at radius 2 is 1.80 bits per heavy atom. The van der Waals surface area contributed by atoms with E-state index >= 15 is 0 Å². The maximum atomic E-state index is 11.5. The number of rotatable bonds is 3. The first-order valence-corrected chi connectivity index (χ1v) is 4.87. The summed E-state index contributed by atoms with van der Waals surface area (Å²) in [6, 6.07) is 0. The molecule has 0 spiro atoms. The molecular weight excluding hydrogens is 200 g/mol. The molecule has 0 aromatic carbocycles. The molecule has 2 atom stereocenters. The smallest absolute Gasteiger partial charge is 0.338 e. The topological polar surface area (TPSA) is 61.8 Å². The molecule has 0 unspecified atom stereocenters. The Kier molecular flexibility index (Phi) is 3.46. The molecule has 86 valence electrons. The summed E-state index contributed by atoms with van der Waals surface area (Å²) in [7, 11) is 1.25. The number of carbonyl (C=O) groups excluding carboxylic acids is 2. The Bertz CT molecular complexity index is 245. The van der Waals surface area contributed by atoms with Crippen molar-refractivity contribution in [3.63, 3.8) is 0 Å².